The van der Waals surface area contributed by atoms with E-state index in [9.17, 15) is 4.79 Å². The molecule has 0 atom stereocenters. The first kappa shape index (κ1) is 17.9. The number of hydrogen-bond acceptors (Lipinski definition) is 2. The second-order valence-corrected chi connectivity index (χ2v) is 7.62. The van der Waals surface area contributed by atoms with Gasteiger partial charge in [-0.15, -0.1) is 0 Å². The average molecular weight is 338 g/mol. The van der Waals surface area contributed by atoms with Crippen LogP contribution in [0.3, 0.4) is 0 Å². The van der Waals surface area contributed by atoms with Crippen molar-refractivity contribution in [1.29, 1.82) is 0 Å². The van der Waals surface area contributed by atoms with Crippen LogP contribution >= 0.6 is 0 Å². The molecule has 3 heteroatoms. The zero-order chi connectivity index (χ0) is 17.7. The van der Waals surface area contributed by atoms with Crippen molar-refractivity contribution in [2.45, 2.75) is 50.5 Å². The summed E-state index contributed by atoms with van der Waals surface area (Å²) in [5.74, 6) is 0.127. The predicted molar refractivity (Wildman–Crippen MR) is 105 cm³/mol. The molecule has 0 saturated heterocycles. The molecule has 3 rings (SSSR count). The maximum absolute atomic E-state index is 12.6. The van der Waals surface area contributed by atoms with Crippen LogP contribution in [0.25, 0.3) is 10.8 Å². The van der Waals surface area contributed by atoms with E-state index in [2.05, 4.69) is 48.6 Å². The van der Waals surface area contributed by atoms with Crippen LogP contribution in [0, 0.1) is 0 Å². The number of carbonyl (C=O) groups is 1. The second-order valence-electron chi connectivity index (χ2n) is 7.62. The summed E-state index contributed by atoms with van der Waals surface area (Å²) in [5, 5.41) is 5.61. The van der Waals surface area contributed by atoms with E-state index in [0.29, 0.717) is 6.42 Å². The highest BCUT2D eigenvalue weighted by molar-refractivity contribution is 5.90. The summed E-state index contributed by atoms with van der Waals surface area (Å²) >= 11 is 0. The summed E-state index contributed by atoms with van der Waals surface area (Å²) in [4.78, 5) is 14.9. The Morgan fingerprint density at radius 3 is 2.40 bits per heavy atom. The van der Waals surface area contributed by atoms with Crippen molar-refractivity contribution in [2.75, 3.05) is 20.6 Å². The Morgan fingerprint density at radius 1 is 1.00 bits per heavy atom. The number of benzene rings is 2. The van der Waals surface area contributed by atoms with Crippen LogP contribution in [-0.2, 0) is 11.2 Å². The Bertz CT molecular complexity index is 710. The van der Waals surface area contributed by atoms with Crippen LogP contribution in [0.4, 0.5) is 0 Å². The van der Waals surface area contributed by atoms with Crippen molar-refractivity contribution < 1.29 is 4.79 Å². The van der Waals surface area contributed by atoms with Gasteiger partial charge < -0.3 is 10.2 Å². The molecule has 0 radical (unpaired) electrons. The fraction of sp³-hybridized carbons (Fsp3) is 0.500. The Balaban J connectivity index is 1.67. The van der Waals surface area contributed by atoms with Gasteiger partial charge in [-0.2, -0.15) is 0 Å². The summed E-state index contributed by atoms with van der Waals surface area (Å²) in [6.07, 6.45) is 7.96. The molecule has 0 aliphatic heterocycles. The Labute approximate surface area is 151 Å². The molecule has 1 aliphatic rings. The van der Waals surface area contributed by atoms with Gasteiger partial charge in [0.1, 0.15) is 0 Å². The lowest BCUT2D eigenvalue weighted by Crippen LogP contribution is -2.52. The summed E-state index contributed by atoms with van der Waals surface area (Å²) in [7, 11) is 4.31. The van der Waals surface area contributed by atoms with Gasteiger partial charge in [0, 0.05) is 12.1 Å². The van der Waals surface area contributed by atoms with Gasteiger partial charge in [0.2, 0.25) is 5.91 Å². The first-order valence-corrected chi connectivity index (χ1v) is 9.51. The number of nitrogens with zero attached hydrogens (tertiary/aromatic N) is 1. The third-order valence-electron chi connectivity index (χ3n) is 5.83. The molecule has 2 aromatic rings. The molecule has 1 amide bonds. The van der Waals surface area contributed by atoms with Crippen LogP contribution in [0.1, 0.15) is 44.1 Å². The van der Waals surface area contributed by atoms with E-state index in [1.807, 2.05) is 18.2 Å². The highest BCUT2D eigenvalue weighted by Crippen LogP contribution is 2.30. The van der Waals surface area contributed by atoms with Gasteiger partial charge in [-0.1, -0.05) is 68.1 Å². The van der Waals surface area contributed by atoms with Gasteiger partial charge in [-0.3, -0.25) is 4.79 Å². The number of amides is 1. The maximum Gasteiger partial charge on any atom is 0.224 e. The van der Waals surface area contributed by atoms with E-state index in [1.165, 1.54) is 49.3 Å². The fourth-order valence-corrected chi connectivity index (χ4v) is 4.11. The maximum atomic E-state index is 12.6. The topological polar surface area (TPSA) is 32.3 Å². The molecule has 0 unspecified atom stereocenters. The Kier molecular flexibility index (Phi) is 5.74. The first-order chi connectivity index (χ1) is 12.1. The summed E-state index contributed by atoms with van der Waals surface area (Å²) in [6, 6.07) is 14.5. The van der Waals surface area contributed by atoms with Crippen LogP contribution in [0.15, 0.2) is 42.5 Å². The quantitative estimate of drug-likeness (QED) is 0.831. The summed E-state index contributed by atoms with van der Waals surface area (Å²) in [6.45, 7) is 0.754. The zero-order valence-corrected chi connectivity index (χ0v) is 15.6. The predicted octanol–water partition coefficient (Wildman–Crippen LogP) is 4.15. The third kappa shape index (κ3) is 4.21. The van der Waals surface area contributed by atoms with Crippen molar-refractivity contribution in [2.24, 2.45) is 0 Å². The lowest BCUT2D eigenvalue weighted by Gasteiger charge is -2.39. The number of likely N-dealkylation sites (N-methyl/N-ethyl adjacent to an activating group) is 1. The van der Waals surface area contributed by atoms with Crippen LogP contribution in [0.2, 0.25) is 0 Å². The molecular weight excluding hydrogens is 308 g/mol. The fourth-order valence-electron chi connectivity index (χ4n) is 4.11. The first-order valence-electron chi connectivity index (χ1n) is 9.51. The molecule has 1 aliphatic carbocycles. The standard InChI is InChI=1S/C22H30N2O/c1-24(2)22(14-7-3-4-8-15-22)17-23-21(25)16-19-12-9-11-18-10-5-6-13-20(18)19/h5-6,9-13H,3-4,7-8,14-17H2,1-2H3,(H,23,25). The van der Waals surface area contributed by atoms with Crippen molar-refractivity contribution in [3.63, 3.8) is 0 Å². The summed E-state index contributed by atoms with van der Waals surface area (Å²) in [5.41, 5.74) is 1.22. The second kappa shape index (κ2) is 8.01. The van der Waals surface area contributed by atoms with Crippen LogP contribution in [0.5, 0.6) is 0 Å². The van der Waals surface area contributed by atoms with Crippen LogP contribution < -0.4 is 5.32 Å². The highest BCUT2D eigenvalue weighted by atomic mass is 16.1. The molecule has 0 bridgehead atoms. The monoisotopic (exact) mass is 338 g/mol. The Hall–Kier alpha value is -1.87. The lowest BCUT2D eigenvalue weighted by molar-refractivity contribution is -0.121. The molecule has 134 valence electrons. The van der Waals surface area contributed by atoms with Gasteiger partial charge in [-0.25, -0.2) is 0 Å². The van der Waals surface area contributed by atoms with Crippen molar-refractivity contribution in [3.8, 4) is 0 Å². The minimum Gasteiger partial charge on any atom is -0.354 e. The average Bonchev–Trinajstić information content (AvgIpc) is 2.87. The lowest BCUT2D eigenvalue weighted by atomic mass is 9.88. The smallest absolute Gasteiger partial charge is 0.224 e. The molecular formula is C22H30N2O. The van der Waals surface area contributed by atoms with Crippen molar-refractivity contribution in [3.05, 3.63) is 48.0 Å². The highest BCUT2D eigenvalue weighted by Gasteiger charge is 2.33. The molecule has 2 aromatic carbocycles. The number of hydrogen-bond donors (Lipinski definition) is 1. The van der Waals surface area contributed by atoms with Gasteiger partial charge >= 0.3 is 0 Å². The van der Waals surface area contributed by atoms with Crippen molar-refractivity contribution in [1.82, 2.24) is 10.2 Å². The van der Waals surface area contributed by atoms with Gasteiger partial charge in [0.25, 0.3) is 0 Å². The van der Waals surface area contributed by atoms with E-state index in [-0.39, 0.29) is 11.4 Å². The zero-order valence-electron chi connectivity index (χ0n) is 15.6. The third-order valence-corrected chi connectivity index (χ3v) is 5.83. The SMILES string of the molecule is CN(C)C1(CNC(=O)Cc2cccc3ccccc23)CCCCCC1. The minimum atomic E-state index is 0.116. The minimum absolute atomic E-state index is 0.116. The van der Waals surface area contributed by atoms with Crippen molar-refractivity contribution >= 4 is 16.7 Å². The number of nitrogens with one attached hydrogen (secondary N) is 1. The van der Waals surface area contributed by atoms with Crippen LogP contribution in [-0.4, -0.2) is 37.0 Å². The number of fused-ring (bicyclic) bond motifs is 1. The van der Waals surface area contributed by atoms with E-state index < -0.39 is 0 Å². The molecule has 25 heavy (non-hydrogen) atoms. The molecule has 0 aromatic heterocycles. The molecule has 0 spiro atoms. The summed E-state index contributed by atoms with van der Waals surface area (Å²) < 4.78 is 0. The molecule has 0 heterocycles. The molecule has 3 nitrogen and oxygen atoms in total. The van der Waals surface area contributed by atoms with Gasteiger partial charge in [0.15, 0.2) is 0 Å². The van der Waals surface area contributed by atoms with Gasteiger partial charge in [-0.05, 0) is 43.3 Å². The van der Waals surface area contributed by atoms with E-state index in [1.54, 1.807) is 0 Å². The molecule has 1 saturated carbocycles. The Morgan fingerprint density at radius 2 is 1.68 bits per heavy atom. The van der Waals surface area contributed by atoms with E-state index >= 15 is 0 Å². The van der Waals surface area contributed by atoms with Gasteiger partial charge in [0.05, 0.1) is 6.42 Å². The molecule has 1 fully saturated rings. The van der Waals surface area contributed by atoms with E-state index in [4.69, 9.17) is 0 Å². The number of carbonyl (C=O) groups excluding carboxylic acids is 1. The largest absolute Gasteiger partial charge is 0.354 e. The number of rotatable bonds is 5. The normalized spacial score (nSPS) is 17.4. The molecule has 1 N–H and O–H groups in total. The van der Waals surface area contributed by atoms with E-state index in [0.717, 1.165) is 12.1 Å².